The van der Waals surface area contributed by atoms with Crippen molar-refractivity contribution in [2.24, 2.45) is 0 Å². The lowest BCUT2D eigenvalue weighted by molar-refractivity contribution is 0.0162. The first-order chi connectivity index (χ1) is 12.7. The molecule has 1 atom stereocenters. The maximum Gasteiger partial charge on any atom is 0.261 e. The zero-order valence-electron chi connectivity index (χ0n) is 15.1. The summed E-state index contributed by atoms with van der Waals surface area (Å²) in [6.45, 7) is 5.00. The number of hydrogen-bond donors (Lipinski definition) is 1. The number of fused-ring (bicyclic) bond motifs is 1. The van der Waals surface area contributed by atoms with Crippen molar-refractivity contribution in [3.05, 3.63) is 51.7 Å². The van der Waals surface area contributed by atoms with E-state index in [2.05, 4.69) is 40.4 Å². The maximum atomic E-state index is 12.4. The summed E-state index contributed by atoms with van der Waals surface area (Å²) >= 11 is 1.48. The van der Waals surface area contributed by atoms with Crippen LogP contribution in [0.15, 0.2) is 35.7 Å². The Morgan fingerprint density at radius 1 is 1.27 bits per heavy atom. The molecule has 2 aliphatic rings. The Bertz CT molecular complexity index is 756. The highest BCUT2D eigenvalue weighted by atomic mass is 32.1. The van der Waals surface area contributed by atoms with Gasteiger partial charge in [-0.1, -0.05) is 18.2 Å². The number of ether oxygens (including phenoxy) is 1. The van der Waals surface area contributed by atoms with Gasteiger partial charge in [0.05, 0.1) is 24.1 Å². The Kier molecular flexibility index (Phi) is 5.24. The third kappa shape index (κ3) is 3.63. The van der Waals surface area contributed by atoms with E-state index >= 15 is 0 Å². The number of benzene rings is 1. The van der Waals surface area contributed by atoms with Crippen LogP contribution in [0.1, 0.15) is 26.8 Å². The van der Waals surface area contributed by atoms with E-state index in [0.717, 1.165) is 44.1 Å². The SMILES string of the molecule is CN1CCc2cc([C@@H](CNC(=O)c3cccs3)N3CCOCC3)ccc21. The molecule has 1 aromatic carbocycles. The van der Waals surface area contributed by atoms with E-state index in [-0.39, 0.29) is 11.9 Å². The van der Waals surface area contributed by atoms with Gasteiger partial charge in [-0.2, -0.15) is 0 Å². The van der Waals surface area contributed by atoms with Crippen molar-refractivity contribution >= 4 is 22.9 Å². The third-order valence-corrected chi connectivity index (χ3v) is 6.17. The van der Waals surface area contributed by atoms with Crippen molar-refractivity contribution in [1.29, 1.82) is 0 Å². The molecule has 1 fully saturated rings. The molecule has 26 heavy (non-hydrogen) atoms. The van der Waals surface area contributed by atoms with Gasteiger partial charge in [0.2, 0.25) is 0 Å². The highest BCUT2D eigenvalue weighted by Crippen LogP contribution is 2.31. The van der Waals surface area contributed by atoms with Gasteiger partial charge in [-0.15, -0.1) is 11.3 Å². The number of rotatable bonds is 5. The number of anilines is 1. The van der Waals surface area contributed by atoms with Crippen LogP contribution in [0.3, 0.4) is 0 Å². The van der Waals surface area contributed by atoms with E-state index in [9.17, 15) is 4.79 Å². The Hall–Kier alpha value is -1.89. The molecule has 1 saturated heterocycles. The summed E-state index contributed by atoms with van der Waals surface area (Å²) in [6, 6.07) is 10.7. The molecule has 3 heterocycles. The van der Waals surface area contributed by atoms with Crippen molar-refractivity contribution in [2.45, 2.75) is 12.5 Å². The van der Waals surface area contributed by atoms with Crippen LogP contribution in [0.2, 0.25) is 0 Å². The molecule has 1 aromatic heterocycles. The van der Waals surface area contributed by atoms with E-state index < -0.39 is 0 Å². The van der Waals surface area contributed by atoms with Crippen LogP contribution >= 0.6 is 11.3 Å². The summed E-state index contributed by atoms with van der Waals surface area (Å²) < 4.78 is 5.52. The molecule has 0 radical (unpaired) electrons. The fourth-order valence-corrected chi connectivity index (χ4v) is 4.47. The van der Waals surface area contributed by atoms with Crippen LogP contribution in [-0.4, -0.2) is 57.2 Å². The van der Waals surface area contributed by atoms with Crippen LogP contribution in [-0.2, 0) is 11.2 Å². The van der Waals surface area contributed by atoms with Gasteiger partial charge in [-0.3, -0.25) is 9.69 Å². The van der Waals surface area contributed by atoms with Gasteiger partial charge >= 0.3 is 0 Å². The monoisotopic (exact) mass is 371 g/mol. The molecule has 0 saturated carbocycles. The molecule has 5 nitrogen and oxygen atoms in total. The standard InChI is InChI=1S/C20H25N3O2S/c1-22-7-6-16-13-15(4-5-17(16)22)18(23-8-10-25-11-9-23)14-21-20(24)19-3-2-12-26-19/h2-5,12-13,18H,6-11,14H2,1H3,(H,21,24)/t18-/m1/s1. The van der Waals surface area contributed by atoms with E-state index in [0.29, 0.717) is 6.54 Å². The molecule has 2 aliphatic heterocycles. The van der Waals surface area contributed by atoms with E-state index in [4.69, 9.17) is 4.74 Å². The first-order valence-electron chi connectivity index (χ1n) is 9.20. The molecule has 1 N–H and O–H groups in total. The Morgan fingerprint density at radius 3 is 2.88 bits per heavy atom. The molecule has 6 heteroatoms. The van der Waals surface area contributed by atoms with Crippen molar-refractivity contribution in [1.82, 2.24) is 10.2 Å². The zero-order valence-corrected chi connectivity index (χ0v) is 15.9. The van der Waals surface area contributed by atoms with E-state index in [1.165, 1.54) is 28.2 Å². The van der Waals surface area contributed by atoms with Gasteiger partial charge in [-0.05, 0) is 35.1 Å². The van der Waals surface area contributed by atoms with Gasteiger partial charge in [0.1, 0.15) is 0 Å². The molecule has 2 aromatic rings. The average molecular weight is 372 g/mol. The molecule has 0 aliphatic carbocycles. The summed E-state index contributed by atoms with van der Waals surface area (Å²) in [4.78, 5) is 17.9. The van der Waals surface area contributed by atoms with Gasteiger partial charge in [0.25, 0.3) is 5.91 Å². The van der Waals surface area contributed by atoms with Gasteiger partial charge in [0.15, 0.2) is 0 Å². The summed E-state index contributed by atoms with van der Waals surface area (Å²) in [6.07, 6.45) is 1.09. The number of amides is 1. The first kappa shape index (κ1) is 17.5. The summed E-state index contributed by atoms with van der Waals surface area (Å²) in [5.74, 6) is 0.0131. The molecule has 138 valence electrons. The van der Waals surface area contributed by atoms with Crippen LogP contribution in [0.4, 0.5) is 5.69 Å². The van der Waals surface area contributed by atoms with E-state index in [1.54, 1.807) is 0 Å². The molecule has 0 bridgehead atoms. The van der Waals surface area contributed by atoms with E-state index in [1.807, 2.05) is 17.5 Å². The Labute approximate surface area is 158 Å². The molecule has 0 unspecified atom stereocenters. The number of thiophene rings is 1. The van der Waals surface area contributed by atoms with Crippen LogP contribution in [0, 0.1) is 0 Å². The second-order valence-corrected chi connectivity index (χ2v) is 7.86. The number of nitrogens with zero attached hydrogens (tertiary/aromatic N) is 2. The maximum absolute atomic E-state index is 12.4. The van der Waals surface area contributed by atoms with Crippen LogP contribution in [0.5, 0.6) is 0 Å². The Morgan fingerprint density at radius 2 is 2.12 bits per heavy atom. The number of carbonyl (C=O) groups excluding carboxylic acids is 1. The van der Waals surface area contributed by atoms with Crippen molar-refractivity contribution < 1.29 is 9.53 Å². The lowest BCUT2D eigenvalue weighted by atomic mass is 10.0. The second kappa shape index (κ2) is 7.78. The average Bonchev–Trinajstić information content (AvgIpc) is 3.33. The fraction of sp³-hybridized carbons (Fsp3) is 0.450. The van der Waals surface area contributed by atoms with Crippen LogP contribution in [0.25, 0.3) is 0 Å². The molecule has 4 rings (SSSR count). The first-order valence-corrected chi connectivity index (χ1v) is 10.1. The van der Waals surface area contributed by atoms with Gasteiger partial charge in [-0.25, -0.2) is 0 Å². The summed E-state index contributed by atoms with van der Waals surface area (Å²) in [5, 5.41) is 5.07. The smallest absolute Gasteiger partial charge is 0.261 e. The lowest BCUT2D eigenvalue weighted by Gasteiger charge is -2.35. The topological polar surface area (TPSA) is 44.8 Å². The molecule has 1 amide bonds. The minimum Gasteiger partial charge on any atom is -0.379 e. The van der Waals surface area contributed by atoms with Crippen molar-refractivity contribution in [3.8, 4) is 0 Å². The normalized spacial score (nSPS) is 18.6. The van der Waals surface area contributed by atoms with Crippen molar-refractivity contribution in [3.63, 3.8) is 0 Å². The predicted molar refractivity (Wildman–Crippen MR) is 105 cm³/mol. The largest absolute Gasteiger partial charge is 0.379 e. The second-order valence-electron chi connectivity index (χ2n) is 6.91. The summed E-state index contributed by atoms with van der Waals surface area (Å²) in [7, 11) is 2.15. The minimum atomic E-state index is 0.0131. The number of morpholine rings is 1. The molecular formula is C20H25N3O2S. The highest BCUT2D eigenvalue weighted by Gasteiger charge is 2.25. The predicted octanol–water partition coefficient (Wildman–Crippen LogP) is 2.54. The number of hydrogen-bond acceptors (Lipinski definition) is 5. The highest BCUT2D eigenvalue weighted by molar-refractivity contribution is 7.12. The third-order valence-electron chi connectivity index (χ3n) is 5.30. The quantitative estimate of drug-likeness (QED) is 0.877. The summed E-state index contributed by atoms with van der Waals surface area (Å²) in [5.41, 5.74) is 4.03. The van der Waals surface area contributed by atoms with Crippen LogP contribution < -0.4 is 10.2 Å². The molecule has 0 spiro atoms. The number of nitrogens with one attached hydrogen (secondary N) is 1. The lowest BCUT2D eigenvalue weighted by Crippen LogP contribution is -2.43. The number of carbonyl (C=O) groups is 1. The Balaban J connectivity index is 1.54. The molecular weight excluding hydrogens is 346 g/mol. The van der Waals surface area contributed by atoms with Gasteiger partial charge in [0, 0.05) is 38.9 Å². The van der Waals surface area contributed by atoms with Crippen molar-refractivity contribution in [2.75, 3.05) is 51.3 Å². The fourth-order valence-electron chi connectivity index (χ4n) is 3.83. The van der Waals surface area contributed by atoms with Gasteiger partial charge < -0.3 is 15.0 Å². The minimum absolute atomic E-state index is 0.0131. The number of likely N-dealkylation sites (N-methyl/N-ethyl adjacent to an activating group) is 1. The zero-order chi connectivity index (χ0) is 17.9.